The summed E-state index contributed by atoms with van der Waals surface area (Å²) in [5.41, 5.74) is 1.74. The van der Waals surface area contributed by atoms with Crippen LogP contribution in [0, 0.1) is 5.82 Å². The summed E-state index contributed by atoms with van der Waals surface area (Å²) in [5.74, 6) is -0.157. The van der Waals surface area contributed by atoms with E-state index >= 15 is 0 Å². The van der Waals surface area contributed by atoms with Crippen molar-refractivity contribution in [2.45, 2.75) is 13.0 Å². The van der Waals surface area contributed by atoms with Crippen LogP contribution in [0.15, 0.2) is 42.5 Å². The van der Waals surface area contributed by atoms with Gasteiger partial charge in [-0.3, -0.25) is 0 Å². The lowest BCUT2D eigenvalue weighted by Crippen LogP contribution is -2.17. The summed E-state index contributed by atoms with van der Waals surface area (Å²) in [4.78, 5) is 0. The van der Waals surface area contributed by atoms with Crippen molar-refractivity contribution in [1.29, 1.82) is 0 Å². The Labute approximate surface area is 122 Å². The van der Waals surface area contributed by atoms with Crippen molar-refractivity contribution in [2.24, 2.45) is 0 Å². The smallest absolute Gasteiger partial charge is 0.126 e. The quantitative estimate of drug-likeness (QED) is 0.803. The minimum Gasteiger partial charge on any atom is -0.312 e. The van der Waals surface area contributed by atoms with E-state index < -0.39 is 0 Å². The van der Waals surface area contributed by atoms with Crippen LogP contribution in [0.4, 0.5) is 4.39 Å². The average Bonchev–Trinajstić information content (AvgIpc) is 2.35. The molecule has 1 N–H and O–H groups in total. The monoisotopic (exact) mass is 297 g/mol. The molecule has 0 saturated carbocycles. The zero-order valence-corrected chi connectivity index (χ0v) is 11.8. The predicted molar refractivity (Wildman–Crippen MR) is 78.3 cm³/mol. The Balaban J connectivity index is 1.82. The summed E-state index contributed by atoms with van der Waals surface area (Å²) in [6, 6.07) is 12.2. The molecular formula is C15H14Cl2FN. The van der Waals surface area contributed by atoms with Crippen LogP contribution in [0.3, 0.4) is 0 Å². The summed E-state index contributed by atoms with van der Waals surface area (Å²) >= 11 is 11.8. The number of halogens is 3. The van der Waals surface area contributed by atoms with E-state index in [1.54, 1.807) is 18.2 Å². The molecule has 2 aromatic carbocycles. The molecule has 100 valence electrons. The van der Waals surface area contributed by atoms with Gasteiger partial charge in [0.15, 0.2) is 0 Å². The third-order valence-corrected chi connectivity index (χ3v) is 3.22. The lowest BCUT2D eigenvalue weighted by molar-refractivity contribution is 0.598. The maximum absolute atomic E-state index is 13.4. The van der Waals surface area contributed by atoms with Crippen molar-refractivity contribution in [2.75, 3.05) is 6.54 Å². The normalized spacial score (nSPS) is 10.7. The number of hydrogen-bond acceptors (Lipinski definition) is 1. The molecule has 0 atom stereocenters. The van der Waals surface area contributed by atoms with Gasteiger partial charge in [-0.2, -0.15) is 0 Å². The van der Waals surface area contributed by atoms with Crippen LogP contribution in [-0.2, 0) is 13.0 Å². The minimum absolute atomic E-state index is 0.157. The molecule has 0 fully saturated rings. The van der Waals surface area contributed by atoms with Gasteiger partial charge in [-0.05, 0) is 48.4 Å². The first-order valence-electron chi connectivity index (χ1n) is 6.04. The molecule has 0 aliphatic rings. The SMILES string of the molecule is Fc1ccccc1CCNCc1cc(Cl)cc(Cl)c1. The second kappa shape index (κ2) is 6.90. The minimum atomic E-state index is -0.157. The third kappa shape index (κ3) is 4.50. The summed E-state index contributed by atoms with van der Waals surface area (Å²) in [6.07, 6.45) is 0.654. The molecule has 2 aromatic rings. The molecule has 0 aliphatic heterocycles. The van der Waals surface area contributed by atoms with Crippen LogP contribution in [-0.4, -0.2) is 6.54 Å². The maximum Gasteiger partial charge on any atom is 0.126 e. The highest BCUT2D eigenvalue weighted by Gasteiger charge is 2.01. The Morgan fingerprint density at radius 1 is 1.00 bits per heavy atom. The molecule has 0 amide bonds. The fraction of sp³-hybridized carbons (Fsp3) is 0.200. The Bertz CT molecular complexity index is 537. The van der Waals surface area contributed by atoms with Crippen LogP contribution >= 0.6 is 23.2 Å². The molecule has 4 heteroatoms. The van der Waals surface area contributed by atoms with Crippen molar-refractivity contribution in [3.63, 3.8) is 0 Å². The largest absolute Gasteiger partial charge is 0.312 e. The van der Waals surface area contributed by atoms with Gasteiger partial charge in [0.25, 0.3) is 0 Å². The summed E-state index contributed by atoms with van der Waals surface area (Å²) in [5, 5.41) is 4.49. The Morgan fingerprint density at radius 3 is 2.37 bits per heavy atom. The first-order chi connectivity index (χ1) is 9.15. The van der Waals surface area contributed by atoms with Crippen molar-refractivity contribution < 1.29 is 4.39 Å². The molecule has 0 radical (unpaired) electrons. The van der Waals surface area contributed by atoms with E-state index in [0.717, 1.165) is 11.1 Å². The second-order valence-electron chi connectivity index (χ2n) is 4.30. The van der Waals surface area contributed by atoms with Crippen molar-refractivity contribution in [3.05, 3.63) is 69.5 Å². The average molecular weight is 298 g/mol. The molecule has 0 bridgehead atoms. The maximum atomic E-state index is 13.4. The van der Waals surface area contributed by atoms with E-state index in [1.807, 2.05) is 18.2 Å². The zero-order chi connectivity index (χ0) is 13.7. The van der Waals surface area contributed by atoms with Gasteiger partial charge >= 0.3 is 0 Å². The molecule has 0 saturated heterocycles. The van der Waals surface area contributed by atoms with E-state index in [1.165, 1.54) is 6.07 Å². The summed E-state index contributed by atoms with van der Waals surface area (Å²) < 4.78 is 13.4. The molecule has 0 heterocycles. The Hall–Kier alpha value is -1.09. The number of hydrogen-bond donors (Lipinski definition) is 1. The third-order valence-electron chi connectivity index (χ3n) is 2.78. The molecule has 0 aromatic heterocycles. The number of nitrogens with one attached hydrogen (secondary N) is 1. The van der Waals surface area contributed by atoms with E-state index in [2.05, 4.69) is 5.32 Å². The van der Waals surface area contributed by atoms with E-state index in [-0.39, 0.29) is 5.82 Å². The molecule has 2 rings (SSSR count). The van der Waals surface area contributed by atoms with E-state index in [9.17, 15) is 4.39 Å². The van der Waals surface area contributed by atoms with E-state index in [4.69, 9.17) is 23.2 Å². The van der Waals surface area contributed by atoms with Gasteiger partial charge in [0.2, 0.25) is 0 Å². The number of rotatable bonds is 5. The Kier molecular flexibility index (Phi) is 5.20. The lowest BCUT2D eigenvalue weighted by Gasteiger charge is -2.07. The molecule has 0 aliphatic carbocycles. The van der Waals surface area contributed by atoms with Gasteiger partial charge in [-0.1, -0.05) is 41.4 Å². The van der Waals surface area contributed by atoms with Crippen molar-refractivity contribution in [3.8, 4) is 0 Å². The zero-order valence-electron chi connectivity index (χ0n) is 10.3. The molecule has 19 heavy (non-hydrogen) atoms. The van der Waals surface area contributed by atoms with Gasteiger partial charge in [-0.15, -0.1) is 0 Å². The predicted octanol–water partition coefficient (Wildman–Crippen LogP) is 4.46. The van der Waals surface area contributed by atoms with Crippen LogP contribution < -0.4 is 5.32 Å². The van der Waals surface area contributed by atoms with Gasteiger partial charge in [-0.25, -0.2) is 4.39 Å². The van der Waals surface area contributed by atoms with Gasteiger partial charge in [0, 0.05) is 16.6 Å². The standard InChI is InChI=1S/C15H14Cl2FN/c16-13-7-11(8-14(17)9-13)10-19-6-5-12-3-1-2-4-15(12)18/h1-4,7-9,19H,5-6,10H2. The van der Waals surface area contributed by atoms with Gasteiger partial charge in [0.05, 0.1) is 0 Å². The highest BCUT2D eigenvalue weighted by Crippen LogP contribution is 2.18. The second-order valence-corrected chi connectivity index (χ2v) is 5.17. The fourth-order valence-corrected chi connectivity index (χ4v) is 2.44. The Morgan fingerprint density at radius 2 is 1.68 bits per heavy atom. The van der Waals surface area contributed by atoms with Crippen LogP contribution in [0.25, 0.3) is 0 Å². The van der Waals surface area contributed by atoms with Gasteiger partial charge in [0.1, 0.15) is 5.82 Å². The van der Waals surface area contributed by atoms with Crippen molar-refractivity contribution in [1.82, 2.24) is 5.32 Å². The lowest BCUT2D eigenvalue weighted by atomic mass is 10.1. The fourth-order valence-electron chi connectivity index (χ4n) is 1.87. The van der Waals surface area contributed by atoms with Crippen LogP contribution in [0.1, 0.15) is 11.1 Å². The first kappa shape index (κ1) is 14.3. The summed E-state index contributed by atoms with van der Waals surface area (Å²) in [6.45, 7) is 1.36. The molecular weight excluding hydrogens is 284 g/mol. The van der Waals surface area contributed by atoms with Crippen LogP contribution in [0.5, 0.6) is 0 Å². The number of benzene rings is 2. The van der Waals surface area contributed by atoms with Crippen molar-refractivity contribution >= 4 is 23.2 Å². The molecule has 0 unspecified atom stereocenters. The van der Waals surface area contributed by atoms with E-state index in [0.29, 0.717) is 29.6 Å². The molecule has 0 spiro atoms. The van der Waals surface area contributed by atoms with Crippen LogP contribution in [0.2, 0.25) is 10.0 Å². The first-order valence-corrected chi connectivity index (χ1v) is 6.80. The molecule has 1 nitrogen and oxygen atoms in total. The summed E-state index contributed by atoms with van der Waals surface area (Å²) in [7, 11) is 0. The highest BCUT2D eigenvalue weighted by molar-refractivity contribution is 6.34. The topological polar surface area (TPSA) is 12.0 Å². The van der Waals surface area contributed by atoms with Gasteiger partial charge < -0.3 is 5.32 Å². The highest BCUT2D eigenvalue weighted by atomic mass is 35.5.